The third kappa shape index (κ3) is 11.9. The van der Waals surface area contributed by atoms with Crippen LogP contribution in [0.5, 0.6) is 0 Å². The van der Waals surface area contributed by atoms with Crippen molar-refractivity contribution in [1.29, 1.82) is 0 Å². The summed E-state index contributed by atoms with van der Waals surface area (Å²) in [5.41, 5.74) is 0.646. The number of hydrogen-bond donors (Lipinski definition) is 0. The van der Waals surface area contributed by atoms with Crippen molar-refractivity contribution in [3.63, 3.8) is 0 Å². The van der Waals surface area contributed by atoms with Gasteiger partial charge in [0.05, 0.1) is 32.8 Å². The molecule has 0 aromatic heterocycles. The molecule has 8 nitrogen and oxygen atoms in total. The largest absolute Gasteiger partial charge is 0.466 e. The fraction of sp³-hybridized carbons (Fsp3) is 0.600. The number of hydrogen-bond acceptors (Lipinski definition) is 8. The second kappa shape index (κ2) is 16.5. The van der Waals surface area contributed by atoms with Crippen molar-refractivity contribution in [2.45, 2.75) is 47.5 Å². The number of ether oxygens (including phenoxy) is 4. The van der Waals surface area contributed by atoms with Gasteiger partial charge in [-0.1, -0.05) is 25.7 Å². The predicted octanol–water partition coefficient (Wildman–Crippen LogP) is 2.75. The molecule has 0 aliphatic heterocycles. The van der Waals surface area contributed by atoms with Crippen LogP contribution in [0.2, 0.25) is 0 Å². The van der Waals surface area contributed by atoms with Gasteiger partial charge in [0.15, 0.2) is 5.92 Å². The molecule has 8 heteroatoms. The topological polar surface area (TPSA) is 105 Å². The minimum absolute atomic E-state index is 0.104. The third-order valence-electron chi connectivity index (χ3n) is 3.13. The van der Waals surface area contributed by atoms with Crippen LogP contribution in [0.25, 0.3) is 0 Å². The predicted molar refractivity (Wildman–Crippen MR) is 103 cm³/mol. The molecule has 0 heterocycles. The van der Waals surface area contributed by atoms with Crippen molar-refractivity contribution in [1.82, 2.24) is 0 Å². The van der Waals surface area contributed by atoms with Gasteiger partial charge in [-0.05, 0) is 34.1 Å². The Balaban J connectivity index is 0. The molecule has 0 fully saturated rings. The fourth-order valence-corrected chi connectivity index (χ4v) is 1.78. The summed E-state index contributed by atoms with van der Waals surface area (Å²) < 4.78 is 18.9. The van der Waals surface area contributed by atoms with E-state index < -0.39 is 29.8 Å². The first-order chi connectivity index (χ1) is 13.2. The Bertz CT molecular complexity index is 532. The van der Waals surface area contributed by atoms with Crippen LogP contribution in [0.3, 0.4) is 0 Å². The van der Waals surface area contributed by atoms with Crippen molar-refractivity contribution < 1.29 is 38.1 Å². The van der Waals surface area contributed by atoms with Gasteiger partial charge < -0.3 is 18.9 Å². The summed E-state index contributed by atoms with van der Waals surface area (Å²) in [7, 11) is 0. The SMILES string of the molecule is C=C(CC(=O)OCC)C(=O)OCC.C=C(CC)C(C(=O)OCC)C(=O)OCC. The quantitative estimate of drug-likeness (QED) is 0.171. The summed E-state index contributed by atoms with van der Waals surface area (Å²) >= 11 is 0. The van der Waals surface area contributed by atoms with Gasteiger partial charge >= 0.3 is 23.9 Å². The van der Waals surface area contributed by atoms with Gasteiger partial charge in [-0.15, -0.1) is 0 Å². The lowest BCUT2D eigenvalue weighted by molar-refractivity contribution is -0.159. The van der Waals surface area contributed by atoms with Crippen molar-refractivity contribution >= 4 is 23.9 Å². The van der Waals surface area contributed by atoms with E-state index in [-0.39, 0.29) is 31.8 Å². The maximum atomic E-state index is 11.5. The molecular weight excluding hydrogens is 368 g/mol. The summed E-state index contributed by atoms with van der Waals surface area (Å²) in [5, 5.41) is 0. The van der Waals surface area contributed by atoms with Crippen molar-refractivity contribution in [3.05, 3.63) is 24.3 Å². The van der Waals surface area contributed by atoms with Crippen LogP contribution in [0, 0.1) is 5.92 Å². The average Bonchev–Trinajstić information content (AvgIpc) is 2.63. The Kier molecular flexibility index (Phi) is 16.3. The van der Waals surface area contributed by atoms with E-state index >= 15 is 0 Å². The molecule has 28 heavy (non-hydrogen) atoms. The molecule has 0 saturated carbocycles. The summed E-state index contributed by atoms with van der Waals surface area (Å²) in [4.78, 5) is 44.8. The van der Waals surface area contributed by atoms with Crippen LogP contribution in [-0.2, 0) is 38.1 Å². The van der Waals surface area contributed by atoms with Gasteiger partial charge in [-0.2, -0.15) is 0 Å². The minimum Gasteiger partial charge on any atom is -0.466 e. The first-order valence-electron chi connectivity index (χ1n) is 9.21. The Morgan fingerprint density at radius 1 is 0.714 bits per heavy atom. The first-order valence-corrected chi connectivity index (χ1v) is 9.21. The van der Waals surface area contributed by atoms with E-state index in [4.69, 9.17) is 9.47 Å². The van der Waals surface area contributed by atoms with Crippen LogP contribution in [-0.4, -0.2) is 50.3 Å². The lowest BCUT2D eigenvalue weighted by Gasteiger charge is -2.15. The molecule has 0 aromatic carbocycles. The Morgan fingerprint density at radius 3 is 1.50 bits per heavy atom. The van der Waals surface area contributed by atoms with Gasteiger partial charge in [0, 0.05) is 5.57 Å². The molecule has 0 N–H and O–H groups in total. The van der Waals surface area contributed by atoms with Gasteiger partial charge in [-0.25, -0.2) is 4.79 Å². The lowest BCUT2D eigenvalue weighted by atomic mass is 9.99. The smallest absolute Gasteiger partial charge is 0.333 e. The van der Waals surface area contributed by atoms with Crippen molar-refractivity contribution in [2.75, 3.05) is 26.4 Å². The highest BCUT2D eigenvalue weighted by molar-refractivity contribution is 5.98. The van der Waals surface area contributed by atoms with E-state index in [0.717, 1.165) is 0 Å². The van der Waals surface area contributed by atoms with E-state index in [1.807, 2.05) is 6.92 Å². The molecule has 0 amide bonds. The van der Waals surface area contributed by atoms with E-state index in [1.54, 1.807) is 27.7 Å². The van der Waals surface area contributed by atoms with Crippen molar-refractivity contribution in [2.24, 2.45) is 5.92 Å². The Labute approximate surface area is 166 Å². The maximum absolute atomic E-state index is 11.5. The molecular formula is C20H32O8. The van der Waals surface area contributed by atoms with Crippen LogP contribution in [0.15, 0.2) is 24.3 Å². The molecule has 160 valence electrons. The highest BCUT2D eigenvalue weighted by Gasteiger charge is 2.31. The highest BCUT2D eigenvalue weighted by Crippen LogP contribution is 2.16. The van der Waals surface area contributed by atoms with E-state index in [2.05, 4.69) is 22.6 Å². The normalized spacial score (nSPS) is 9.50. The summed E-state index contributed by atoms with van der Waals surface area (Å²) in [6, 6.07) is 0. The highest BCUT2D eigenvalue weighted by atomic mass is 16.6. The number of carbonyl (C=O) groups is 4. The molecule has 0 unspecified atom stereocenters. The molecule has 0 atom stereocenters. The Hall–Kier alpha value is -2.64. The van der Waals surface area contributed by atoms with E-state index in [1.165, 1.54) is 0 Å². The molecule has 0 bridgehead atoms. The van der Waals surface area contributed by atoms with Gasteiger partial charge in [0.25, 0.3) is 0 Å². The second-order valence-electron chi connectivity index (χ2n) is 5.25. The van der Waals surface area contributed by atoms with Gasteiger partial charge in [0.1, 0.15) is 0 Å². The van der Waals surface area contributed by atoms with Crippen LogP contribution >= 0.6 is 0 Å². The Morgan fingerprint density at radius 2 is 1.14 bits per heavy atom. The molecule has 0 radical (unpaired) electrons. The number of rotatable bonds is 11. The van der Waals surface area contributed by atoms with E-state index in [0.29, 0.717) is 18.6 Å². The van der Waals surface area contributed by atoms with Crippen LogP contribution in [0.4, 0.5) is 0 Å². The molecule has 0 saturated heterocycles. The molecule has 0 aliphatic rings. The summed E-state index contributed by atoms with van der Waals surface area (Å²) in [5.74, 6) is -3.14. The number of carbonyl (C=O) groups excluding carboxylic acids is 4. The monoisotopic (exact) mass is 400 g/mol. The first kappa shape index (κ1) is 27.6. The van der Waals surface area contributed by atoms with E-state index in [9.17, 15) is 19.2 Å². The minimum atomic E-state index is -0.977. The molecule has 0 spiro atoms. The zero-order chi connectivity index (χ0) is 22.1. The van der Waals surface area contributed by atoms with Crippen LogP contribution in [0.1, 0.15) is 47.5 Å². The fourth-order valence-electron chi connectivity index (χ4n) is 1.78. The maximum Gasteiger partial charge on any atom is 0.333 e. The van der Waals surface area contributed by atoms with Gasteiger partial charge in [-0.3, -0.25) is 14.4 Å². The number of esters is 4. The summed E-state index contributed by atoms with van der Waals surface area (Å²) in [6.07, 6.45) is 0.439. The summed E-state index contributed by atoms with van der Waals surface area (Å²) in [6.45, 7) is 16.8. The lowest BCUT2D eigenvalue weighted by Crippen LogP contribution is -2.29. The zero-order valence-corrected chi connectivity index (χ0v) is 17.5. The standard InChI is InChI=1S/C11H18O4.C9H14O4/c1-5-8(4)9(10(12)14-6-2)11(13)15-7-3;1-4-12-8(10)6-7(3)9(11)13-5-2/h9H,4-7H2,1-3H3;3-6H2,1-2H3. The van der Waals surface area contributed by atoms with Crippen molar-refractivity contribution in [3.8, 4) is 0 Å². The average molecular weight is 400 g/mol. The third-order valence-corrected chi connectivity index (χ3v) is 3.13. The zero-order valence-electron chi connectivity index (χ0n) is 17.5. The van der Waals surface area contributed by atoms with Crippen LogP contribution < -0.4 is 0 Å². The molecule has 0 aromatic rings. The molecule has 0 rings (SSSR count). The van der Waals surface area contributed by atoms with Gasteiger partial charge in [0.2, 0.25) is 0 Å². The molecule has 0 aliphatic carbocycles. The second-order valence-corrected chi connectivity index (χ2v) is 5.25.